The van der Waals surface area contributed by atoms with Crippen molar-refractivity contribution in [1.29, 1.82) is 0 Å². The average Bonchev–Trinajstić information content (AvgIpc) is 2.99. The van der Waals surface area contributed by atoms with Crippen molar-refractivity contribution in [3.63, 3.8) is 0 Å². The number of fused-ring (bicyclic) bond motifs is 1. The van der Waals surface area contributed by atoms with Crippen LogP contribution < -0.4 is 16.2 Å². The molecule has 0 aromatic carbocycles. The largest absolute Gasteiger partial charge is 0.405 e. The summed E-state index contributed by atoms with van der Waals surface area (Å²) in [7, 11) is 1.62. The lowest BCUT2D eigenvalue weighted by Crippen LogP contribution is -2.57. The van der Waals surface area contributed by atoms with Crippen LogP contribution in [0.3, 0.4) is 0 Å². The molecule has 3 rings (SSSR count). The van der Waals surface area contributed by atoms with Gasteiger partial charge in [0.25, 0.3) is 5.56 Å². The second-order valence-corrected chi connectivity index (χ2v) is 6.33. The Labute approximate surface area is 152 Å². The average molecular weight is 387 g/mol. The summed E-state index contributed by atoms with van der Waals surface area (Å²) in [6, 6.07) is -1.76. The fraction of sp³-hybridized carbons (Fsp3) is 0.600. The number of alkyl halides is 3. The lowest BCUT2D eigenvalue weighted by molar-refractivity contribution is -0.184. The number of piperazine rings is 1. The van der Waals surface area contributed by atoms with E-state index in [1.165, 1.54) is 22.1 Å². The molecule has 0 aliphatic carbocycles. The minimum absolute atomic E-state index is 0.238. The van der Waals surface area contributed by atoms with E-state index in [-0.39, 0.29) is 18.5 Å². The van der Waals surface area contributed by atoms with Crippen LogP contribution in [0.25, 0.3) is 11.0 Å². The second-order valence-electron chi connectivity index (χ2n) is 6.33. The monoisotopic (exact) mass is 387 g/mol. The number of carbonyl (C=O) groups excluding carboxylic acids is 1. The highest BCUT2D eigenvalue weighted by molar-refractivity contribution is 5.77. The van der Waals surface area contributed by atoms with E-state index in [0.29, 0.717) is 18.7 Å². The van der Waals surface area contributed by atoms with Gasteiger partial charge in [-0.25, -0.2) is 4.98 Å². The predicted octanol–water partition coefficient (Wildman–Crippen LogP) is -0.918. The number of amides is 1. The van der Waals surface area contributed by atoms with Gasteiger partial charge in [0.2, 0.25) is 5.91 Å². The minimum atomic E-state index is -4.46. The number of rotatable bonds is 5. The van der Waals surface area contributed by atoms with Crippen molar-refractivity contribution in [3.8, 4) is 0 Å². The van der Waals surface area contributed by atoms with Gasteiger partial charge >= 0.3 is 6.18 Å². The topological polar surface area (TPSA) is 97.1 Å². The van der Waals surface area contributed by atoms with Crippen LogP contribution in [-0.4, -0.2) is 75.1 Å². The standard InChI is InChI=1S/C15H20F3N7O2/c1-23-13-10(6-22-23)14(27)25(9-21-13)8-12(26)20-7-11(15(16,17)18)24-4-2-19-3-5-24/h6,9,11,19H,2-5,7-8H2,1H3,(H,20,26). The summed E-state index contributed by atoms with van der Waals surface area (Å²) in [5, 5.41) is 9.44. The van der Waals surface area contributed by atoms with E-state index in [1.54, 1.807) is 7.05 Å². The molecule has 0 spiro atoms. The van der Waals surface area contributed by atoms with Crippen LogP contribution in [0.15, 0.2) is 17.3 Å². The number of aromatic nitrogens is 4. The predicted molar refractivity (Wildman–Crippen MR) is 90.1 cm³/mol. The summed E-state index contributed by atoms with van der Waals surface area (Å²) in [6.07, 6.45) is -1.94. The second kappa shape index (κ2) is 7.64. The molecule has 12 heteroatoms. The highest BCUT2D eigenvalue weighted by atomic mass is 19.4. The summed E-state index contributed by atoms with van der Waals surface area (Å²) < 4.78 is 42.5. The van der Waals surface area contributed by atoms with Gasteiger partial charge in [-0.1, -0.05) is 0 Å². The first-order valence-corrected chi connectivity index (χ1v) is 8.42. The van der Waals surface area contributed by atoms with Crippen molar-refractivity contribution in [2.45, 2.75) is 18.8 Å². The number of hydrogen-bond donors (Lipinski definition) is 2. The highest BCUT2D eigenvalue weighted by Gasteiger charge is 2.43. The van der Waals surface area contributed by atoms with Crippen LogP contribution in [0.5, 0.6) is 0 Å². The fourth-order valence-electron chi connectivity index (χ4n) is 3.05. The number of aryl methyl sites for hydroxylation is 1. The van der Waals surface area contributed by atoms with Crippen molar-refractivity contribution in [2.24, 2.45) is 7.05 Å². The molecule has 1 aliphatic rings. The normalized spacial score (nSPS) is 17.2. The Morgan fingerprint density at radius 2 is 2.07 bits per heavy atom. The molecule has 1 saturated heterocycles. The molecule has 1 aliphatic heterocycles. The van der Waals surface area contributed by atoms with Crippen LogP contribution in [0.1, 0.15) is 0 Å². The summed E-state index contributed by atoms with van der Waals surface area (Å²) in [6.45, 7) is 0.448. The molecule has 1 unspecified atom stereocenters. The van der Waals surface area contributed by atoms with E-state index in [9.17, 15) is 22.8 Å². The molecule has 0 bridgehead atoms. The molecule has 2 N–H and O–H groups in total. The lowest BCUT2D eigenvalue weighted by atomic mass is 10.2. The number of nitrogens with one attached hydrogen (secondary N) is 2. The van der Waals surface area contributed by atoms with Crippen molar-refractivity contribution >= 4 is 16.9 Å². The van der Waals surface area contributed by atoms with Gasteiger partial charge in [0.05, 0.1) is 6.20 Å². The summed E-state index contributed by atoms with van der Waals surface area (Å²) in [4.78, 5) is 29.8. The van der Waals surface area contributed by atoms with Crippen LogP contribution >= 0.6 is 0 Å². The first kappa shape index (κ1) is 19.3. The Morgan fingerprint density at radius 3 is 2.74 bits per heavy atom. The molecule has 0 saturated carbocycles. The maximum Gasteiger partial charge on any atom is 0.405 e. The first-order valence-electron chi connectivity index (χ1n) is 8.42. The molecule has 148 valence electrons. The smallest absolute Gasteiger partial charge is 0.353 e. The summed E-state index contributed by atoms with van der Waals surface area (Å²) >= 11 is 0. The van der Waals surface area contributed by atoms with Gasteiger partial charge in [-0.05, 0) is 0 Å². The molecule has 27 heavy (non-hydrogen) atoms. The zero-order valence-electron chi connectivity index (χ0n) is 14.7. The van der Waals surface area contributed by atoms with Gasteiger partial charge in [0, 0.05) is 39.8 Å². The van der Waals surface area contributed by atoms with E-state index in [0.717, 1.165) is 4.57 Å². The van der Waals surface area contributed by atoms with Gasteiger partial charge < -0.3 is 10.6 Å². The number of nitrogens with zero attached hydrogens (tertiary/aromatic N) is 5. The van der Waals surface area contributed by atoms with E-state index < -0.39 is 36.8 Å². The van der Waals surface area contributed by atoms with E-state index >= 15 is 0 Å². The van der Waals surface area contributed by atoms with E-state index in [2.05, 4.69) is 20.7 Å². The third kappa shape index (κ3) is 4.27. The van der Waals surface area contributed by atoms with Crippen LogP contribution in [-0.2, 0) is 18.4 Å². The number of hydrogen-bond acceptors (Lipinski definition) is 6. The molecular weight excluding hydrogens is 367 g/mol. The quantitative estimate of drug-likeness (QED) is 0.689. The summed E-state index contributed by atoms with van der Waals surface area (Å²) in [5.41, 5.74) is -0.106. The van der Waals surface area contributed by atoms with E-state index in [1.807, 2.05) is 0 Å². The Hall–Kier alpha value is -2.47. The molecule has 0 radical (unpaired) electrons. The lowest BCUT2D eigenvalue weighted by Gasteiger charge is -2.35. The van der Waals surface area contributed by atoms with Gasteiger partial charge in [-0.2, -0.15) is 18.3 Å². The number of halogens is 3. The van der Waals surface area contributed by atoms with Gasteiger partial charge in [0.1, 0.15) is 24.3 Å². The molecule has 2 aromatic heterocycles. The van der Waals surface area contributed by atoms with Crippen LogP contribution in [0.4, 0.5) is 13.2 Å². The SMILES string of the molecule is Cn1ncc2c(=O)n(CC(=O)NCC(N3CCNCC3)C(F)(F)F)cnc21. The van der Waals surface area contributed by atoms with Crippen molar-refractivity contribution in [3.05, 3.63) is 22.9 Å². The highest BCUT2D eigenvalue weighted by Crippen LogP contribution is 2.24. The van der Waals surface area contributed by atoms with Crippen molar-refractivity contribution in [2.75, 3.05) is 32.7 Å². The van der Waals surface area contributed by atoms with Crippen molar-refractivity contribution < 1.29 is 18.0 Å². The third-order valence-electron chi connectivity index (χ3n) is 4.49. The summed E-state index contributed by atoms with van der Waals surface area (Å²) in [5.74, 6) is -0.688. The Kier molecular flexibility index (Phi) is 5.46. The van der Waals surface area contributed by atoms with Crippen LogP contribution in [0, 0.1) is 0 Å². The maximum atomic E-state index is 13.3. The molecule has 1 atom stereocenters. The first-order chi connectivity index (χ1) is 12.8. The molecule has 3 heterocycles. The zero-order valence-corrected chi connectivity index (χ0v) is 14.7. The maximum absolute atomic E-state index is 13.3. The van der Waals surface area contributed by atoms with Crippen molar-refractivity contribution in [1.82, 2.24) is 34.9 Å². The fourth-order valence-corrected chi connectivity index (χ4v) is 3.05. The molecule has 1 fully saturated rings. The molecular formula is C15H20F3N7O2. The molecule has 2 aromatic rings. The molecule has 9 nitrogen and oxygen atoms in total. The van der Waals surface area contributed by atoms with E-state index in [4.69, 9.17) is 0 Å². The third-order valence-corrected chi connectivity index (χ3v) is 4.49. The minimum Gasteiger partial charge on any atom is -0.353 e. The van der Waals surface area contributed by atoms with Gasteiger partial charge in [-0.3, -0.25) is 23.7 Å². The molecule has 1 amide bonds. The zero-order chi connectivity index (χ0) is 19.6. The number of carbonyl (C=O) groups is 1. The van der Waals surface area contributed by atoms with Gasteiger partial charge in [0.15, 0.2) is 5.65 Å². The Bertz CT molecular complexity index is 870. The van der Waals surface area contributed by atoms with Gasteiger partial charge in [-0.15, -0.1) is 0 Å². The Morgan fingerprint density at radius 1 is 1.37 bits per heavy atom. The Balaban J connectivity index is 1.66. The van der Waals surface area contributed by atoms with Crippen LogP contribution in [0.2, 0.25) is 0 Å².